The third-order valence-corrected chi connectivity index (χ3v) is 4.76. The van der Waals surface area contributed by atoms with Gasteiger partial charge in [-0.2, -0.15) is 0 Å². The van der Waals surface area contributed by atoms with E-state index in [1.54, 1.807) is 6.20 Å². The maximum absolute atomic E-state index is 12.4. The number of aromatic nitrogens is 3. The molecule has 0 fully saturated rings. The van der Waals surface area contributed by atoms with Crippen LogP contribution in [0.5, 0.6) is 0 Å². The first-order chi connectivity index (χ1) is 13.7. The summed E-state index contributed by atoms with van der Waals surface area (Å²) >= 11 is 0. The van der Waals surface area contributed by atoms with Gasteiger partial charge in [0, 0.05) is 36.3 Å². The fourth-order valence-electron chi connectivity index (χ4n) is 3.20. The lowest BCUT2D eigenvalue weighted by Gasteiger charge is -2.10. The summed E-state index contributed by atoms with van der Waals surface area (Å²) in [5.41, 5.74) is 4.90. The van der Waals surface area contributed by atoms with Gasteiger partial charge in [0.15, 0.2) is 0 Å². The topological polar surface area (TPSA) is 59.3 Å². The number of nitrogens with one attached hydrogen (secondary N) is 1. The summed E-state index contributed by atoms with van der Waals surface area (Å²) in [5.74, 6) is 0.692. The fraction of sp³-hybridized carbons (Fsp3) is 0.174. The summed E-state index contributed by atoms with van der Waals surface area (Å²) in [7, 11) is 0. The Labute approximate surface area is 164 Å². The first-order valence-corrected chi connectivity index (χ1v) is 9.43. The van der Waals surface area contributed by atoms with Crippen molar-refractivity contribution in [3.63, 3.8) is 0 Å². The molecule has 5 nitrogen and oxygen atoms in total. The van der Waals surface area contributed by atoms with E-state index in [0.717, 1.165) is 35.3 Å². The number of carbonyl (C=O) groups excluding carboxylic acids is 1. The minimum Gasteiger partial charge on any atom is -0.326 e. The number of anilines is 1. The van der Waals surface area contributed by atoms with E-state index in [0.29, 0.717) is 12.2 Å². The Bertz CT molecular complexity index is 1070. The molecule has 2 aromatic heterocycles. The van der Waals surface area contributed by atoms with Crippen LogP contribution in [0.2, 0.25) is 0 Å². The number of benzene rings is 2. The van der Waals surface area contributed by atoms with E-state index in [9.17, 15) is 4.79 Å². The highest BCUT2D eigenvalue weighted by atomic mass is 16.1. The molecular weight excluding hydrogens is 348 g/mol. The number of rotatable bonds is 6. The van der Waals surface area contributed by atoms with Gasteiger partial charge < -0.3 is 5.32 Å². The van der Waals surface area contributed by atoms with Crippen molar-refractivity contribution in [1.29, 1.82) is 0 Å². The minimum atomic E-state index is 0.0350. The van der Waals surface area contributed by atoms with Crippen LogP contribution in [0.3, 0.4) is 0 Å². The molecule has 0 atom stereocenters. The van der Waals surface area contributed by atoms with Crippen LogP contribution in [-0.2, 0) is 11.2 Å². The lowest BCUT2D eigenvalue weighted by molar-refractivity contribution is -0.116. The van der Waals surface area contributed by atoms with Crippen LogP contribution in [0.1, 0.15) is 24.0 Å². The van der Waals surface area contributed by atoms with Crippen LogP contribution in [0.4, 0.5) is 5.69 Å². The largest absolute Gasteiger partial charge is 0.326 e. The summed E-state index contributed by atoms with van der Waals surface area (Å²) in [5, 5.41) is 3.05. The highest BCUT2D eigenvalue weighted by Crippen LogP contribution is 2.25. The monoisotopic (exact) mass is 370 g/mol. The zero-order chi connectivity index (χ0) is 19.3. The number of hydrogen-bond donors (Lipinski definition) is 1. The van der Waals surface area contributed by atoms with Gasteiger partial charge in [0.2, 0.25) is 11.7 Å². The molecule has 1 amide bonds. The molecule has 0 radical (unpaired) electrons. The van der Waals surface area contributed by atoms with E-state index in [4.69, 9.17) is 0 Å². The molecule has 0 unspecified atom stereocenters. The van der Waals surface area contributed by atoms with Crippen molar-refractivity contribution in [2.75, 3.05) is 5.32 Å². The lowest BCUT2D eigenvalue weighted by Crippen LogP contribution is -2.12. The van der Waals surface area contributed by atoms with E-state index >= 15 is 0 Å². The molecule has 4 rings (SSSR count). The molecule has 2 aromatic carbocycles. The number of hydrogen-bond acceptors (Lipinski definition) is 3. The Kier molecular flexibility index (Phi) is 5.15. The Morgan fingerprint density at radius 2 is 1.96 bits per heavy atom. The van der Waals surface area contributed by atoms with Crippen molar-refractivity contribution in [2.24, 2.45) is 0 Å². The number of imidazole rings is 1. The first-order valence-electron chi connectivity index (χ1n) is 9.43. The molecule has 2 heterocycles. The predicted molar refractivity (Wildman–Crippen MR) is 111 cm³/mol. The van der Waals surface area contributed by atoms with Crippen LogP contribution in [0.25, 0.3) is 17.0 Å². The van der Waals surface area contributed by atoms with Crippen molar-refractivity contribution in [2.45, 2.75) is 26.2 Å². The number of nitrogens with zero attached hydrogens (tertiary/aromatic N) is 3. The van der Waals surface area contributed by atoms with Crippen molar-refractivity contribution in [3.8, 4) is 11.3 Å². The van der Waals surface area contributed by atoms with Gasteiger partial charge in [-0.15, -0.1) is 0 Å². The van der Waals surface area contributed by atoms with Crippen molar-refractivity contribution in [1.82, 2.24) is 14.4 Å². The maximum atomic E-state index is 12.4. The van der Waals surface area contributed by atoms with E-state index < -0.39 is 0 Å². The number of amides is 1. The van der Waals surface area contributed by atoms with Gasteiger partial charge in [-0.25, -0.2) is 9.97 Å². The zero-order valence-corrected chi connectivity index (χ0v) is 15.8. The standard InChI is InChI=1S/C23H22N4O/c1-17-11-12-19(21-16-27-14-6-13-24-23(27)26-21)15-20(17)25-22(28)10-5-9-18-7-3-2-4-8-18/h2-4,6-8,11-16H,5,9-10H2,1H3,(H,25,28). The molecule has 1 N–H and O–H groups in total. The second kappa shape index (κ2) is 8.05. The molecule has 28 heavy (non-hydrogen) atoms. The average molecular weight is 370 g/mol. The van der Waals surface area contributed by atoms with Gasteiger partial charge in [-0.05, 0) is 43.0 Å². The molecule has 0 aliphatic rings. The van der Waals surface area contributed by atoms with Gasteiger partial charge in [0.05, 0.1) is 5.69 Å². The normalized spacial score (nSPS) is 10.9. The van der Waals surface area contributed by atoms with Gasteiger partial charge in [0.1, 0.15) is 0 Å². The van der Waals surface area contributed by atoms with Gasteiger partial charge in [-0.3, -0.25) is 9.20 Å². The Hall–Kier alpha value is -3.47. The highest BCUT2D eigenvalue weighted by molar-refractivity contribution is 5.92. The van der Waals surface area contributed by atoms with Crippen molar-refractivity contribution < 1.29 is 4.79 Å². The van der Waals surface area contributed by atoms with Crippen LogP contribution in [-0.4, -0.2) is 20.3 Å². The summed E-state index contributed by atoms with van der Waals surface area (Å²) in [4.78, 5) is 21.2. The molecule has 0 aliphatic carbocycles. The predicted octanol–water partition coefficient (Wildman–Crippen LogP) is 4.67. The molecule has 0 bridgehead atoms. The van der Waals surface area contributed by atoms with E-state index in [-0.39, 0.29) is 5.91 Å². The van der Waals surface area contributed by atoms with Gasteiger partial charge in [-0.1, -0.05) is 42.5 Å². The second-order valence-corrected chi connectivity index (χ2v) is 6.87. The molecule has 0 saturated heterocycles. The smallest absolute Gasteiger partial charge is 0.234 e. The molecule has 140 valence electrons. The Morgan fingerprint density at radius 3 is 2.79 bits per heavy atom. The summed E-state index contributed by atoms with van der Waals surface area (Å²) in [6, 6.07) is 18.1. The van der Waals surface area contributed by atoms with Gasteiger partial charge in [0.25, 0.3) is 0 Å². The summed E-state index contributed by atoms with van der Waals surface area (Å²) in [6.07, 6.45) is 7.81. The molecular formula is C23H22N4O. The van der Waals surface area contributed by atoms with Crippen molar-refractivity contribution >= 4 is 17.4 Å². The minimum absolute atomic E-state index is 0.0350. The number of aryl methyl sites for hydroxylation is 2. The molecule has 4 aromatic rings. The van der Waals surface area contributed by atoms with Crippen molar-refractivity contribution in [3.05, 3.63) is 84.3 Å². The van der Waals surface area contributed by atoms with E-state index in [2.05, 4.69) is 27.4 Å². The first kappa shape index (κ1) is 17.9. The fourth-order valence-corrected chi connectivity index (χ4v) is 3.20. The molecule has 5 heteroatoms. The van der Waals surface area contributed by atoms with E-state index in [1.807, 2.05) is 66.2 Å². The number of carbonyl (C=O) groups is 1. The van der Waals surface area contributed by atoms with E-state index in [1.165, 1.54) is 5.56 Å². The van der Waals surface area contributed by atoms with Crippen LogP contribution in [0.15, 0.2) is 73.2 Å². The SMILES string of the molecule is Cc1ccc(-c2cn3cccnc3n2)cc1NC(=O)CCCc1ccccc1. The summed E-state index contributed by atoms with van der Waals surface area (Å²) < 4.78 is 1.89. The molecule has 0 aliphatic heterocycles. The van der Waals surface area contributed by atoms with Crippen LogP contribution in [0, 0.1) is 6.92 Å². The average Bonchev–Trinajstić information content (AvgIpc) is 3.15. The van der Waals surface area contributed by atoms with Gasteiger partial charge >= 0.3 is 0 Å². The Morgan fingerprint density at radius 1 is 1.11 bits per heavy atom. The third-order valence-electron chi connectivity index (χ3n) is 4.76. The molecule has 0 spiro atoms. The zero-order valence-electron chi connectivity index (χ0n) is 15.8. The Balaban J connectivity index is 1.44. The molecule has 0 saturated carbocycles. The van der Waals surface area contributed by atoms with Crippen LogP contribution >= 0.6 is 0 Å². The second-order valence-electron chi connectivity index (χ2n) is 6.87. The summed E-state index contributed by atoms with van der Waals surface area (Å²) in [6.45, 7) is 1.99. The quantitative estimate of drug-likeness (QED) is 0.537. The lowest BCUT2D eigenvalue weighted by atomic mass is 10.1. The maximum Gasteiger partial charge on any atom is 0.234 e. The number of fused-ring (bicyclic) bond motifs is 1. The van der Waals surface area contributed by atoms with Crippen LogP contribution < -0.4 is 5.32 Å². The third kappa shape index (κ3) is 4.09. The highest BCUT2D eigenvalue weighted by Gasteiger charge is 2.10.